The summed E-state index contributed by atoms with van der Waals surface area (Å²) in [6.07, 6.45) is 3.00. The number of hydrogen-bond donors (Lipinski definition) is 0. The average molecular weight is 340 g/mol. The Bertz CT molecular complexity index is 723. The minimum atomic E-state index is 0.0622. The van der Waals surface area contributed by atoms with Crippen LogP contribution in [0.1, 0.15) is 30.4 Å². The molecule has 0 aromatic heterocycles. The van der Waals surface area contributed by atoms with Gasteiger partial charge < -0.3 is 9.47 Å². The molecule has 24 heavy (non-hydrogen) atoms. The molecule has 0 spiro atoms. The quantitative estimate of drug-likeness (QED) is 0.676. The number of benzene rings is 2. The van der Waals surface area contributed by atoms with Crippen LogP contribution in [0, 0.1) is 0 Å². The monoisotopic (exact) mass is 340 g/mol. The summed E-state index contributed by atoms with van der Waals surface area (Å²) in [4.78, 5) is 1.33. The first-order valence-corrected chi connectivity index (χ1v) is 9.17. The molecule has 0 aliphatic carbocycles. The molecule has 0 fully saturated rings. The molecule has 2 aromatic rings. The van der Waals surface area contributed by atoms with Crippen molar-refractivity contribution in [2.24, 2.45) is 0 Å². The van der Waals surface area contributed by atoms with Gasteiger partial charge in [-0.05, 0) is 47.7 Å². The number of ether oxygens (including phenoxy) is 2. The van der Waals surface area contributed by atoms with E-state index < -0.39 is 0 Å². The largest absolute Gasteiger partial charge is 0.497 e. The third kappa shape index (κ3) is 2.93. The minimum absolute atomic E-state index is 0.0622. The van der Waals surface area contributed by atoms with Gasteiger partial charge in [0.15, 0.2) is 0 Å². The zero-order valence-electron chi connectivity index (χ0n) is 14.5. The van der Waals surface area contributed by atoms with Crippen molar-refractivity contribution in [3.05, 3.63) is 66.2 Å². The fourth-order valence-electron chi connectivity index (χ4n) is 3.54. The molecule has 1 heterocycles. The fraction of sp³-hybridized carbons (Fsp3) is 0.333. The van der Waals surface area contributed by atoms with Crippen molar-refractivity contribution in [1.82, 2.24) is 0 Å². The maximum absolute atomic E-state index is 5.39. The summed E-state index contributed by atoms with van der Waals surface area (Å²) in [7, 11) is 3.43. The average Bonchev–Trinajstić information content (AvgIpc) is 2.64. The Kier molecular flexibility index (Phi) is 4.91. The molecular formula is C21H24O2S. The van der Waals surface area contributed by atoms with Crippen LogP contribution in [0.5, 0.6) is 11.5 Å². The SMILES string of the molecule is C=CCC1c2ccc(OC)cc2SC[C@]1(C)c1ccc(OC)cc1. The highest BCUT2D eigenvalue weighted by Gasteiger charge is 2.40. The van der Waals surface area contributed by atoms with Gasteiger partial charge in [0, 0.05) is 16.1 Å². The van der Waals surface area contributed by atoms with Crippen LogP contribution in [0.15, 0.2) is 60.0 Å². The van der Waals surface area contributed by atoms with E-state index in [2.05, 4.69) is 56.0 Å². The zero-order chi connectivity index (χ0) is 17.2. The van der Waals surface area contributed by atoms with Gasteiger partial charge in [0.25, 0.3) is 0 Å². The molecule has 2 nitrogen and oxygen atoms in total. The van der Waals surface area contributed by atoms with Gasteiger partial charge in [0.05, 0.1) is 14.2 Å². The Hall–Kier alpha value is -1.87. The third-order valence-corrected chi connectivity index (χ3v) is 6.45. The van der Waals surface area contributed by atoms with E-state index in [-0.39, 0.29) is 5.41 Å². The smallest absolute Gasteiger partial charge is 0.119 e. The van der Waals surface area contributed by atoms with Crippen LogP contribution in [-0.4, -0.2) is 20.0 Å². The van der Waals surface area contributed by atoms with Gasteiger partial charge in [-0.2, -0.15) is 0 Å². The highest BCUT2D eigenvalue weighted by molar-refractivity contribution is 7.99. The second kappa shape index (κ2) is 6.94. The Morgan fingerprint density at radius 2 is 1.79 bits per heavy atom. The summed E-state index contributed by atoms with van der Waals surface area (Å²) in [5, 5.41) is 0. The van der Waals surface area contributed by atoms with Crippen molar-refractivity contribution in [2.75, 3.05) is 20.0 Å². The molecule has 3 heteroatoms. The third-order valence-electron chi connectivity index (χ3n) is 5.04. The molecule has 2 atom stereocenters. The van der Waals surface area contributed by atoms with Crippen LogP contribution in [0.2, 0.25) is 0 Å². The Labute approximate surface area is 148 Å². The summed E-state index contributed by atoms with van der Waals surface area (Å²) in [6.45, 7) is 6.36. The van der Waals surface area contributed by atoms with E-state index in [0.717, 1.165) is 23.7 Å². The fourth-order valence-corrected chi connectivity index (χ4v) is 4.94. The zero-order valence-corrected chi connectivity index (χ0v) is 15.4. The van der Waals surface area contributed by atoms with Gasteiger partial charge in [-0.1, -0.05) is 31.2 Å². The van der Waals surface area contributed by atoms with Gasteiger partial charge in [-0.3, -0.25) is 0 Å². The Balaban J connectivity index is 2.04. The lowest BCUT2D eigenvalue weighted by atomic mass is 9.68. The van der Waals surface area contributed by atoms with Crippen molar-refractivity contribution in [1.29, 1.82) is 0 Å². The van der Waals surface area contributed by atoms with E-state index in [1.54, 1.807) is 14.2 Å². The van der Waals surface area contributed by atoms with Gasteiger partial charge in [0.1, 0.15) is 11.5 Å². The molecule has 1 unspecified atom stereocenters. The number of hydrogen-bond acceptors (Lipinski definition) is 3. The lowest BCUT2D eigenvalue weighted by Crippen LogP contribution is -2.36. The Morgan fingerprint density at radius 1 is 1.12 bits per heavy atom. The standard InChI is InChI=1S/C21H24O2S/c1-5-6-19-18-12-11-17(23-4)13-20(18)24-14-21(19,2)15-7-9-16(22-3)10-8-15/h5,7-13,19H,1,6,14H2,2-4H3/t19?,21-/m1/s1. The van der Waals surface area contributed by atoms with Crippen molar-refractivity contribution < 1.29 is 9.47 Å². The highest BCUT2D eigenvalue weighted by Crippen LogP contribution is 2.52. The molecule has 0 N–H and O–H groups in total. The molecule has 1 aliphatic heterocycles. The first-order valence-electron chi connectivity index (χ1n) is 8.18. The van der Waals surface area contributed by atoms with Gasteiger partial charge in [-0.25, -0.2) is 0 Å². The molecule has 0 bridgehead atoms. The van der Waals surface area contributed by atoms with Gasteiger partial charge >= 0.3 is 0 Å². The predicted octanol–water partition coefficient (Wildman–Crippen LogP) is 5.43. The predicted molar refractivity (Wildman–Crippen MR) is 102 cm³/mol. The van der Waals surface area contributed by atoms with Crippen molar-refractivity contribution in [2.45, 2.75) is 29.6 Å². The van der Waals surface area contributed by atoms with Gasteiger partial charge in [0.2, 0.25) is 0 Å². The van der Waals surface area contributed by atoms with Gasteiger partial charge in [-0.15, -0.1) is 18.3 Å². The summed E-state index contributed by atoms with van der Waals surface area (Å²) < 4.78 is 10.7. The summed E-state index contributed by atoms with van der Waals surface area (Å²) in [5.74, 6) is 3.27. The maximum Gasteiger partial charge on any atom is 0.119 e. The lowest BCUT2D eigenvalue weighted by Gasteiger charge is -2.42. The Morgan fingerprint density at radius 3 is 2.42 bits per heavy atom. The number of methoxy groups -OCH3 is 2. The number of rotatable bonds is 5. The molecule has 0 saturated heterocycles. The molecule has 126 valence electrons. The van der Waals surface area contributed by atoms with Crippen molar-refractivity contribution >= 4 is 11.8 Å². The highest BCUT2D eigenvalue weighted by atomic mass is 32.2. The molecular weight excluding hydrogens is 316 g/mol. The van der Waals surface area contributed by atoms with E-state index in [9.17, 15) is 0 Å². The molecule has 0 radical (unpaired) electrons. The van der Waals surface area contributed by atoms with Crippen LogP contribution in [0.3, 0.4) is 0 Å². The molecule has 0 amide bonds. The normalized spacial score (nSPS) is 22.5. The number of fused-ring (bicyclic) bond motifs is 1. The van der Waals surface area contributed by atoms with Crippen LogP contribution in [-0.2, 0) is 5.41 Å². The minimum Gasteiger partial charge on any atom is -0.497 e. The van der Waals surface area contributed by atoms with Crippen molar-refractivity contribution in [3.63, 3.8) is 0 Å². The van der Waals surface area contributed by atoms with E-state index in [0.29, 0.717) is 5.92 Å². The van der Waals surface area contributed by atoms with E-state index in [1.165, 1.54) is 16.0 Å². The van der Waals surface area contributed by atoms with Crippen LogP contribution >= 0.6 is 11.8 Å². The lowest BCUT2D eigenvalue weighted by molar-refractivity contribution is 0.397. The summed E-state index contributed by atoms with van der Waals surface area (Å²) >= 11 is 1.91. The van der Waals surface area contributed by atoms with Crippen LogP contribution < -0.4 is 9.47 Å². The second-order valence-electron chi connectivity index (χ2n) is 6.42. The van der Waals surface area contributed by atoms with E-state index in [1.807, 2.05) is 17.8 Å². The second-order valence-corrected chi connectivity index (χ2v) is 7.43. The summed E-state index contributed by atoms with van der Waals surface area (Å²) in [5.41, 5.74) is 2.81. The molecule has 3 rings (SSSR count). The first kappa shape index (κ1) is 17.0. The van der Waals surface area contributed by atoms with Crippen LogP contribution in [0.4, 0.5) is 0 Å². The van der Waals surface area contributed by atoms with E-state index >= 15 is 0 Å². The maximum atomic E-state index is 5.39. The topological polar surface area (TPSA) is 18.5 Å². The number of thioether (sulfide) groups is 1. The van der Waals surface area contributed by atoms with Crippen molar-refractivity contribution in [3.8, 4) is 11.5 Å². The van der Waals surface area contributed by atoms with E-state index in [4.69, 9.17) is 9.47 Å². The molecule has 2 aromatic carbocycles. The van der Waals surface area contributed by atoms with Crippen LogP contribution in [0.25, 0.3) is 0 Å². The summed E-state index contributed by atoms with van der Waals surface area (Å²) in [6, 6.07) is 14.9. The number of allylic oxidation sites excluding steroid dienone is 1. The molecule has 1 aliphatic rings. The molecule has 0 saturated carbocycles. The first-order chi connectivity index (χ1) is 11.6.